The molecule has 1 aromatic carbocycles. The highest BCUT2D eigenvalue weighted by Gasteiger charge is 2.19. The van der Waals surface area contributed by atoms with Gasteiger partial charge in [-0.05, 0) is 31.5 Å². The smallest absolute Gasteiger partial charge is 0.176 e. The van der Waals surface area contributed by atoms with Gasteiger partial charge in [0.2, 0.25) is 0 Å². The summed E-state index contributed by atoms with van der Waals surface area (Å²) in [4.78, 5) is 0. The third-order valence-corrected chi connectivity index (χ3v) is 2.21. The van der Waals surface area contributed by atoms with E-state index in [0.29, 0.717) is 13.2 Å². The van der Waals surface area contributed by atoms with Gasteiger partial charge in [0.1, 0.15) is 5.82 Å². The Morgan fingerprint density at radius 1 is 1.12 bits per heavy atom. The number of halogens is 1. The van der Waals surface area contributed by atoms with Crippen molar-refractivity contribution in [1.82, 2.24) is 0 Å². The van der Waals surface area contributed by atoms with E-state index in [1.165, 1.54) is 12.1 Å². The fourth-order valence-corrected chi connectivity index (χ4v) is 1.43. The van der Waals surface area contributed by atoms with E-state index < -0.39 is 12.3 Å². The number of nitrogens with two attached hydrogens (primary N) is 1. The molecule has 2 N–H and O–H groups in total. The predicted octanol–water partition coefficient (Wildman–Crippen LogP) is 2.22. The van der Waals surface area contributed by atoms with E-state index in [1.807, 2.05) is 13.8 Å². The Bertz CT molecular complexity index is 296. The number of hydrogen-bond acceptors (Lipinski definition) is 3. The van der Waals surface area contributed by atoms with E-state index in [0.717, 1.165) is 5.56 Å². The highest BCUT2D eigenvalue weighted by molar-refractivity contribution is 5.20. The summed E-state index contributed by atoms with van der Waals surface area (Å²) in [6.45, 7) is 4.81. The van der Waals surface area contributed by atoms with E-state index in [9.17, 15) is 4.39 Å². The average Bonchev–Trinajstić information content (AvgIpc) is 2.29. The minimum Gasteiger partial charge on any atom is -0.351 e. The highest BCUT2D eigenvalue weighted by Crippen LogP contribution is 2.18. The van der Waals surface area contributed by atoms with Crippen molar-refractivity contribution < 1.29 is 13.9 Å². The van der Waals surface area contributed by atoms with Crippen molar-refractivity contribution in [2.75, 3.05) is 13.2 Å². The van der Waals surface area contributed by atoms with Gasteiger partial charge >= 0.3 is 0 Å². The van der Waals surface area contributed by atoms with Gasteiger partial charge in [-0.2, -0.15) is 0 Å². The zero-order chi connectivity index (χ0) is 12.0. The summed E-state index contributed by atoms with van der Waals surface area (Å²) in [5.41, 5.74) is 6.79. The van der Waals surface area contributed by atoms with Crippen molar-refractivity contribution in [1.29, 1.82) is 0 Å². The van der Waals surface area contributed by atoms with Gasteiger partial charge in [-0.25, -0.2) is 4.39 Å². The van der Waals surface area contributed by atoms with Crippen molar-refractivity contribution >= 4 is 0 Å². The van der Waals surface area contributed by atoms with Crippen LogP contribution in [0.4, 0.5) is 4.39 Å². The molecule has 0 saturated carbocycles. The van der Waals surface area contributed by atoms with Crippen LogP contribution < -0.4 is 5.73 Å². The SMILES string of the molecule is CCOC(OCC)C(N)c1ccc(F)cc1. The molecule has 90 valence electrons. The molecule has 0 aliphatic carbocycles. The van der Waals surface area contributed by atoms with Crippen LogP contribution in [0.5, 0.6) is 0 Å². The molecule has 0 aliphatic heterocycles. The maximum absolute atomic E-state index is 12.7. The van der Waals surface area contributed by atoms with Crippen LogP contribution in [0.25, 0.3) is 0 Å². The molecule has 16 heavy (non-hydrogen) atoms. The minimum absolute atomic E-state index is 0.277. The Morgan fingerprint density at radius 3 is 2.06 bits per heavy atom. The van der Waals surface area contributed by atoms with Crippen molar-refractivity contribution in [2.24, 2.45) is 5.73 Å². The second-order valence-electron chi connectivity index (χ2n) is 3.36. The molecule has 0 radical (unpaired) electrons. The van der Waals surface area contributed by atoms with Crippen LogP contribution in [0.1, 0.15) is 25.5 Å². The maximum Gasteiger partial charge on any atom is 0.176 e. The molecule has 0 aromatic heterocycles. The summed E-state index contributed by atoms with van der Waals surface area (Å²) in [5, 5.41) is 0. The van der Waals surface area contributed by atoms with E-state index in [1.54, 1.807) is 12.1 Å². The van der Waals surface area contributed by atoms with E-state index in [-0.39, 0.29) is 5.82 Å². The normalized spacial score (nSPS) is 13.1. The zero-order valence-electron chi connectivity index (χ0n) is 9.65. The number of rotatable bonds is 6. The summed E-state index contributed by atoms with van der Waals surface area (Å²) in [6.07, 6.45) is -0.486. The molecule has 1 rings (SSSR count). The first-order valence-electron chi connectivity index (χ1n) is 5.43. The van der Waals surface area contributed by atoms with Crippen LogP contribution in [0.3, 0.4) is 0 Å². The Balaban J connectivity index is 2.72. The summed E-state index contributed by atoms with van der Waals surface area (Å²) in [5.74, 6) is -0.277. The quantitative estimate of drug-likeness (QED) is 0.758. The summed E-state index contributed by atoms with van der Waals surface area (Å²) in [7, 11) is 0. The molecule has 0 heterocycles. The lowest BCUT2D eigenvalue weighted by atomic mass is 10.1. The van der Waals surface area contributed by atoms with Crippen molar-refractivity contribution in [3.8, 4) is 0 Å². The molecular formula is C12H18FNO2. The lowest BCUT2D eigenvalue weighted by molar-refractivity contribution is -0.149. The van der Waals surface area contributed by atoms with Crippen LogP contribution in [0, 0.1) is 5.82 Å². The summed E-state index contributed by atoms with van der Waals surface area (Å²) < 4.78 is 23.5. The van der Waals surface area contributed by atoms with Gasteiger partial charge in [0.15, 0.2) is 6.29 Å². The molecule has 1 atom stereocenters. The Labute approximate surface area is 95.4 Å². The lowest BCUT2D eigenvalue weighted by Crippen LogP contribution is -2.31. The molecule has 1 unspecified atom stereocenters. The monoisotopic (exact) mass is 227 g/mol. The molecule has 0 amide bonds. The Morgan fingerprint density at radius 2 is 1.62 bits per heavy atom. The van der Waals surface area contributed by atoms with Gasteiger partial charge in [-0.15, -0.1) is 0 Å². The first-order chi connectivity index (χ1) is 7.69. The third-order valence-electron chi connectivity index (χ3n) is 2.21. The van der Waals surface area contributed by atoms with Crippen LogP contribution in [0.15, 0.2) is 24.3 Å². The van der Waals surface area contributed by atoms with Gasteiger partial charge in [-0.3, -0.25) is 0 Å². The molecule has 1 aromatic rings. The van der Waals surface area contributed by atoms with Gasteiger partial charge < -0.3 is 15.2 Å². The fourth-order valence-electron chi connectivity index (χ4n) is 1.43. The van der Waals surface area contributed by atoms with E-state index in [2.05, 4.69) is 0 Å². The predicted molar refractivity (Wildman–Crippen MR) is 60.4 cm³/mol. The number of ether oxygens (including phenoxy) is 2. The van der Waals surface area contributed by atoms with Crippen LogP contribution in [0.2, 0.25) is 0 Å². The molecule has 0 aliphatic rings. The largest absolute Gasteiger partial charge is 0.351 e. The third kappa shape index (κ3) is 3.56. The Kier molecular flexibility index (Phi) is 5.38. The van der Waals surface area contributed by atoms with Crippen LogP contribution in [-0.2, 0) is 9.47 Å². The number of hydrogen-bond donors (Lipinski definition) is 1. The topological polar surface area (TPSA) is 44.5 Å². The molecule has 0 saturated heterocycles. The second kappa shape index (κ2) is 6.58. The maximum atomic E-state index is 12.7. The molecular weight excluding hydrogens is 209 g/mol. The van der Waals surface area contributed by atoms with Gasteiger partial charge in [0, 0.05) is 13.2 Å². The van der Waals surface area contributed by atoms with E-state index in [4.69, 9.17) is 15.2 Å². The molecule has 0 bridgehead atoms. The second-order valence-corrected chi connectivity index (χ2v) is 3.36. The summed E-state index contributed by atoms with van der Waals surface area (Å²) >= 11 is 0. The van der Waals surface area contributed by atoms with Gasteiger partial charge in [0.05, 0.1) is 6.04 Å². The highest BCUT2D eigenvalue weighted by atomic mass is 19.1. The molecule has 3 nitrogen and oxygen atoms in total. The lowest BCUT2D eigenvalue weighted by Gasteiger charge is -2.23. The van der Waals surface area contributed by atoms with Crippen LogP contribution >= 0.6 is 0 Å². The minimum atomic E-state index is -0.486. The van der Waals surface area contributed by atoms with Crippen LogP contribution in [-0.4, -0.2) is 19.5 Å². The number of benzene rings is 1. The zero-order valence-corrected chi connectivity index (χ0v) is 9.65. The molecule has 0 fully saturated rings. The van der Waals surface area contributed by atoms with Crippen molar-refractivity contribution in [2.45, 2.75) is 26.2 Å². The standard InChI is InChI=1S/C12H18FNO2/c1-3-15-12(16-4-2)11(14)9-5-7-10(13)8-6-9/h5-8,11-12H,3-4,14H2,1-2H3. The van der Waals surface area contributed by atoms with E-state index >= 15 is 0 Å². The fraction of sp³-hybridized carbons (Fsp3) is 0.500. The average molecular weight is 227 g/mol. The van der Waals surface area contributed by atoms with Gasteiger partial charge in [0.25, 0.3) is 0 Å². The van der Waals surface area contributed by atoms with Gasteiger partial charge in [-0.1, -0.05) is 12.1 Å². The first kappa shape index (κ1) is 13.1. The van der Waals surface area contributed by atoms with Crippen molar-refractivity contribution in [3.05, 3.63) is 35.6 Å². The molecule has 4 heteroatoms. The molecule has 0 spiro atoms. The first-order valence-corrected chi connectivity index (χ1v) is 5.43. The van der Waals surface area contributed by atoms with Crippen molar-refractivity contribution in [3.63, 3.8) is 0 Å². The Hall–Kier alpha value is -0.970. The summed E-state index contributed by atoms with van der Waals surface area (Å²) in [6, 6.07) is 5.64.